The van der Waals surface area contributed by atoms with Crippen molar-refractivity contribution in [1.82, 2.24) is 24.4 Å². The molecule has 0 spiro atoms. The summed E-state index contributed by atoms with van der Waals surface area (Å²) in [6.07, 6.45) is 2.08. The van der Waals surface area contributed by atoms with Gasteiger partial charge in [-0.2, -0.15) is 4.52 Å². The molecule has 0 saturated carbocycles. The van der Waals surface area contributed by atoms with E-state index in [0.717, 1.165) is 12.1 Å². The molecule has 1 amide bonds. The smallest absolute Gasteiger partial charge is 0.289 e. The predicted octanol–water partition coefficient (Wildman–Crippen LogP) is 3.48. The van der Waals surface area contributed by atoms with E-state index >= 15 is 0 Å². The second kappa shape index (κ2) is 8.56. The number of aromatic hydroxyl groups is 1. The molecular formula is C22H21F2N5O3S. The Bertz CT molecular complexity index is 1300. The number of aromatic nitrogens is 3. The Morgan fingerprint density at radius 1 is 1.21 bits per heavy atom. The van der Waals surface area contributed by atoms with E-state index in [4.69, 9.17) is 4.42 Å². The summed E-state index contributed by atoms with van der Waals surface area (Å²) in [5.41, 5.74) is 0.496. The van der Waals surface area contributed by atoms with E-state index in [9.17, 15) is 18.7 Å². The lowest BCUT2D eigenvalue weighted by Gasteiger charge is -2.38. The molecule has 1 N–H and O–H groups in total. The summed E-state index contributed by atoms with van der Waals surface area (Å²) < 4.78 is 34.4. The second-order valence-electron chi connectivity index (χ2n) is 7.75. The molecule has 8 nitrogen and oxygen atoms in total. The van der Waals surface area contributed by atoms with E-state index in [-0.39, 0.29) is 17.5 Å². The SMILES string of the molecule is CCc1nc2sc([C@H](c3ccc(F)c(F)c3)N3CCN(C(=O)c4ccco4)CC3)c(O)n2n1. The van der Waals surface area contributed by atoms with Crippen molar-refractivity contribution in [2.45, 2.75) is 19.4 Å². The summed E-state index contributed by atoms with van der Waals surface area (Å²) in [6.45, 7) is 3.68. The van der Waals surface area contributed by atoms with E-state index < -0.39 is 17.7 Å². The lowest BCUT2D eigenvalue weighted by Crippen LogP contribution is -2.49. The van der Waals surface area contributed by atoms with Gasteiger partial charge in [0.15, 0.2) is 23.2 Å². The summed E-state index contributed by atoms with van der Waals surface area (Å²) in [7, 11) is 0. The molecule has 0 unspecified atom stereocenters. The molecule has 1 aliphatic rings. The highest BCUT2D eigenvalue weighted by molar-refractivity contribution is 7.17. The lowest BCUT2D eigenvalue weighted by molar-refractivity contribution is 0.0567. The Morgan fingerprint density at radius 3 is 2.64 bits per heavy atom. The van der Waals surface area contributed by atoms with Crippen molar-refractivity contribution in [3.8, 4) is 5.88 Å². The number of piperazine rings is 1. The number of benzene rings is 1. The van der Waals surface area contributed by atoms with Crippen LogP contribution in [0.4, 0.5) is 8.78 Å². The quantitative estimate of drug-likeness (QED) is 0.478. The van der Waals surface area contributed by atoms with Gasteiger partial charge in [-0.05, 0) is 29.8 Å². The Morgan fingerprint density at radius 2 is 2.00 bits per heavy atom. The maximum Gasteiger partial charge on any atom is 0.289 e. The molecule has 1 fully saturated rings. The van der Waals surface area contributed by atoms with E-state index in [1.807, 2.05) is 11.8 Å². The number of hydrogen-bond acceptors (Lipinski definition) is 7. The van der Waals surface area contributed by atoms with Crippen LogP contribution in [0.3, 0.4) is 0 Å². The highest BCUT2D eigenvalue weighted by Crippen LogP contribution is 2.40. The largest absolute Gasteiger partial charge is 0.492 e. The Hall–Kier alpha value is -3.31. The number of nitrogens with zero attached hydrogens (tertiary/aromatic N) is 5. The fourth-order valence-electron chi connectivity index (χ4n) is 4.07. The van der Waals surface area contributed by atoms with Crippen LogP contribution in [0.5, 0.6) is 5.88 Å². The zero-order valence-corrected chi connectivity index (χ0v) is 18.6. The van der Waals surface area contributed by atoms with Gasteiger partial charge < -0.3 is 14.4 Å². The predicted molar refractivity (Wildman–Crippen MR) is 116 cm³/mol. The molecule has 1 aromatic carbocycles. The zero-order chi connectivity index (χ0) is 23.1. The van der Waals surface area contributed by atoms with Crippen LogP contribution >= 0.6 is 11.3 Å². The molecule has 3 aromatic heterocycles. The molecule has 1 aliphatic heterocycles. The highest BCUT2D eigenvalue weighted by atomic mass is 32.1. The average molecular weight is 474 g/mol. The number of halogens is 2. The zero-order valence-electron chi connectivity index (χ0n) is 17.7. The number of carbonyl (C=O) groups is 1. The summed E-state index contributed by atoms with van der Waals surface area (Å²) >= 11 is 1.26. The van der Waals surface area contributed by atoms with Crippen molar-refractivity contribution in [3.05, 3.63) is 70.3 Å². The van der Waals surface area contributed by atoms with Gasteiger partial charge in [-0.3, -0.25) is 9.69 Å². The van der Waals surface area contributed by atoms with Crippen molar-refractivity contribution in [2.24, 2.45) is 0 Å². The number of hydrogen-bond donors (Lipinski definition) is 1. The first-order chi connectivity index (χ1) is 16.0. The number of carbonyl (C=O) groups excluding carboxylic acids is 1. The number of thiazole rings is 1. The maximum atomic E-state index is 14.1. The number of rotatable bonds is 5. The molecule has 4 aromatic rings. The van der Waals surface area contributed by atoms with E-state index in [0.29, 0.717) is 53.8 Å². The van der Waals surface area contributed by atoms with Gasteiger partial charge in [0.05, 0.1) is 17.2 Å². The van der Waals surface area contributed by atoms with Crippen LogP contribution in [-0.4, -0.2) is 61.6 Å². The molecule has 0 bridgehead atoms. The van der Waals surface area contributed by atoms with Crippen LogP contribution in [0.25, 0.3) is 4.96 Å². The van der Waals surface area contributed by atoms with Crippen LogP contribution in [0.2, 0.25) is 0 Å². The third-order valence-corrected chi connectivity index (χ3v) is 6.84. The standard InChI is InChI=1S/C22H21F2N5O3S/c1-2-17-25-22-29(26-17)21(31)19(33-22)18(13-5-6-14(23)15(24)12-13)27-7-9-28(10-8-27)20(30)16-4-3-11-32-16/h3-6,11-12,18,31H,2,7-10H2,1H3/t18-/m0/s1. The monoisotopic (exact) mass is 473 g/mol. The fourth-order valence-corrected chi connectivity index (χ4v) is 5.20. The van der Waals surface area contributed by atoms with Crippen molar-refractivity contribution < 1.29 is 23.1 Å². The first kappa shape index (κ1) is 21.5. The topological polar surface area (TPSA) is 87.1 Å². The first-order valence-corrected chi connectivity index (χ1v) is 11.4. The van der Waals surface area contributed by atoms with E-state index in [1.165, 1.54) is 28.2 Å². The minimum atomic E-state index is -0.962. The van der Waals surface area contributed by atoms with E-state index in [1.54, 1.807) is 17.0 Å². The van der Waals surface area contributed by atoms with Crippen molar-refractivity contribution in [3.63, 3.8) is 0 Å². The maximum absolute atomic E-state index is 14.1. The molecular weight excluding hydrogens is 452 g/mol. The van der Waals surface area contributed by atoms with Crippen LogP contribution in [0, 0.1) is 11.6 Å². The third-order valence-electron chi connectivity index (χ3n) is 5.77. The van der Waals surface area contributed by atoms with Crippen molar-refractivity contribution >= 4 is 22.2 Å². The molecule has 1 saturated heterocycles. The van der Waals surface area contributed by atoms with Gasteiger partial charge in [-0.15, -0.1) is 5.10 Å². The Labute approximate surface area is 191 Å². The molecule has 0 aliphatic carbocycles. The molecule has 5 rings (SSSR count). The van der Waals surface area contributed by atoms with Gasteiger partial charge in [0.25, 0.3) is 5.91 Å². The summed E-state index contributed by atoms with van der Waals surface area (Å²) in [5, 5.41) is 15.3. The number of furan rings is 1. The first-order valence-electron chi connectivity index (χ1n) is 10.5. The van der Waals surface area contributed by atoms with Crippen LogP contribution in [0.15, 0.2) is 41.0 Å². The minimum absolute atomic E-state index is 0.0778. The molecule has 172 valence electrons. The molecule has 4 heterocycles. The van der Waals surface area contributed by atoms with Crippen molar-refractivity contribution in [1.29, 1.82) is 0 Å². The molecule has 33 heavy (non-hydrogen) atoms. The third kappa shape index (κ3) is 3.87. The second-order valence-corrected chi connectivity index (χ2v) is 8.76. The number of fused-ring (bicyclic) bond motifs is 1. The van der Waals surface area contributed by atoms with E-state index in [2.05, 4.69) is 10.1 Å². The van der Waals surface area contributed by atoms with Crippen LogP contribution in [-0.2, 0) is 6.42 Å². The van der Waals surface area contributed by atoms with Crippen molar-refractivity contribution in [2.75, 3.05) is 26.2 Å². The van der Waals surface area contributed by atoms with Gasteiger partial charge in [-0.25, -0.2) is 13.8 Å². The molecule has 0 radical (unpaired) electrons. The van der Waals surface area contributed by atoms with Gasteiger partial charge in [0, 0.05) is 32.6 Å². The molecule has 11 heteroatoms. The highest BCUT2D eigenvalue weighted by Gasteiger charge is 2.33. The van der Waals surface area contributed by atoms with Crippen LogP contribution < -0.4 is 0 Å². The Balaban J connectivity index is 1.47. The summed E-state index contributed by atoms with van der Waals surface area (Å²) in [6, 6.07) is 6.47. The van der Waals surface area contributed by atoms with Gasteiger partial charge in [0.2, 0.25) is 10.8 Å². The normalized spacial score (nSPS) is 15.9. The summed E-state index contributed by atoms with van der Waals surface area (Å²) in [5.74, 6) is -1.29. The lowest BCUT2D eigenvalue weighted by atomic mass is 10.0. The minimum Gasteiger partial charge on any atom is -0.492 e. The fraction of sp³-hybridized carbons (Fsp3) is 0.318. The molecule has 1 atom stereocenters. The van der Waals surface area contributed by atoms with Crippen LogP contribution in [0.1, 0.15) is 39.8 Å². The van der Waals surface area contributed by atoms with Gasteiger partial charge in [-0.1, -0.05) is 24.3 Å². The van der Waals surface area contributed by atoms with Gasteiger partial charge in [0.1, 0.15) is 0 Å². The number of amides is 1. The number of aryl methyl sites for hydroxylation is 1. The Kier molecular flexibility index (Phi) is 5.59. The average Bonchev–Trinajstić information content (AvgIpc) is 3.55. The summed E-state index contributed by atoms with van der Waals surface area (Å²) in [4.78, 5) is 21.8. The van der Waals surface area contributed by atoms with Gasteiger partial charge >= 0.3 is 0 Å².